The summed E-state index contributed by atoms with van der Waals surface area (Å²) < 4.78 is 32.2. The van der Waals surface area contributed by atoms with Crippen molar-refractivity contribution in [1.82, 2.24) is 0 Å². The Labute approximate surface area is 233 Å². The summed E-state index contributed by atoms with van der Waals surface area (Å²) in [5.41, 5.74) is -0.911. The van der Waals surface area contributed by atoms with Crippen molar-refractivity contribution >= 4 is 47.1 Å². The molecule has 39 heavy (non-hydrogen) atoms. The molecule has 0 radical (unpaired) electrons. The lowest BCUT2D eigenvalue weighted by Crippen LogP contribution is -2.28. The molecule has 0 fully saturated rings. The van der Waals surface area contributed by atoms with Gasteiger partial charge in [-0.3, -0.25) is 9.59 Å². The van der Waals surface area contributed by atoms with Gasteiger partial charge in [0.1, 0.15) is 19.3 Å². The van der Waals surface area contributed by atoms with Gasteiger partial charge >= 0.3 is 35.5 Å². The first-order valence-corrected chi connectivity index (χ1v) is 12.6. The van der Waals surface area contributed by atoms with E-state index in [1.807, 2.05) is 0 Å². The summed E-state index contributed by atoms with van der Waals surface area (Å²) in [7, 11) is 0. The van der Waals surface area contributed by atoms with E-state index in [2.05, 4.69) is 23.7 Å². The maximum absolute atomic E-state index is 11.2. The Bertz CT molecular complexity index is 740. The van der Waals surface area contributed by atoms with Crippen LogP contribution in [0.3, 0.4) is 0 Å². The highest BCUT2D eigenvalue weighted by Crippen LogP contribution is 2.03. The third-order valence-electron chi connectivity index (χ3n) is 3.80. The molecular weight excluding hydrogens is 548 g/mol. The Morgan fingerprint density at radius 3 is 1.28 bits per heavy atom. The minimum atomic E-state index is -1.05. The monoisotopic (exact) mass is 588 g/mol. The Morgan fingerprint density at radius 1 is 0.590 bits per heavy atom. The van der Waals surface area contributed by atoms with Crippen molar-refractivity contribution in [3.63, 3.8) is 0 Å². The second-order valence-corrected chi connectivity index (χ2v) is 7.66. The van der Waals surface area contributed by atoms with Crippen LogP contribution in [0.4, 0.5) is 9.59 Å². The molecule has 0 amide bonds. The highest BCUT2D eigenvalue weighted by atomic mass is 35.5. The SMILES string of the molecule is CCOC(=O)C(C)COC(=O)Cl.CCOC(=O)C(C)COC(=O)OC(C)C(=O)OCC.CCOC(=O)C(C)O. The zero-order valence-corrected chi connectivity index (χ0v) is 24.4. The molecule has 15 heteroatoms. The summed E-state index contributed by atoms with van der Waals surface area (Å²) in [4.78, 5) is 65.0. The number of carbonyl (C=O) groups excluding carboxylic acids is 6. The average molecular weight is 589 g/mol. The molecule has 0 aromatic carbocycles. The van der Waals surface area contributed by atoms with E-state index in [0.29, 0.717) is 13.2 Å². The van der Waals surface area contributed by atoms with Crippen molar-refractivity contribution in [3.05, 3.63) is 0 Å². The summed E-state index contributed by atoms with van der Waals surface area (Å²) in [6.07, 6.45) is -3.07. The minimum Gasteiger partial charge on any atom is -0.466 e. The minimum absolute atomic E-state index is 0.0405. The van der Waals surface area contributed by atoms with Crippen molar-refractivity contribution < 1.29 is 67.0 Å². The average Bonchev–Trinajstić information content (AvgIpc) is 2.86. The lowest BCUT2D eigenvalue weighted by Gasteiger charge is -2.13. The first kappa shape index (κ1) is 40.4. The van der Waals surface area contributed by atoms with Gasteiger partial charge in [0.2, 0.25) is 0 Å². The molecule has 14 nitrogen and oxygen atoms in total. The van der Waals surface area contributed by atoms with Gasteiger partial charge in [-0.2, -0.15) is 0 Å². The number of ether oxygens (including phenoxy) is 7. The van der Waals surface area contributed by atoms with E-state index in [-0.39, 0.29) is 26.4 Å². The molecule has 4 unspecified atom stereocenters. The molecule has 0 rings (SSSR count). The van der Waals surface area contributed by atoms with Crippen molar-refractivity contribution in [3.8, 4) is 0 Å². The fraction of sp³-hybridized carbons (Fsp3) is 0.750. The molecule has 0 aromatic rings. The van der Waals surface area contributed by atoms with Crippen LogP contribution in [0.1, 0.15) is 55.4 Å². The zero-order valence-electron chi connectivity index (χ0n) is 23.7. The van der Waals surface area contributed by atoms with E-state index < -0.39 is 59.5 Å². The highest BCUT2D eigenvalue weighted by Gasteiger charge is 2.22. The second-order valence-electron chi connectivity index (χ2n) is 7.36. The van der Waals surface area contributed by atoms with Gasteiger partial charge in [0.25, 0.3) is 0 Å². The van der Waals surface area contributed by atoms with Gasteiger partial charge < -0.3 is 38.3 Å². The summed E-state index contributed by atoms with van der Waals surface area (Å²) in [5, 5.41) is 8.48. The molecule has 0 aliphatic heterocycles. The lowest BCUT2D eigenvalue weighted by molar-refractivity contribution is -0.154. The number of carbonyl (C=O) groups is 6. The number of hydrogen-bond acceptors (Lipinski definition) is 14. The fourth-order valence-electron chi connectivity index (χ4n) is 1.84. The number of aliphatic hydroxyl groups is 1. The smallest absolute Gasteiger partial charge is 0.466 e. The predicted molar refractivity (Wildman–Crippen MR) is 136 cm³/mol. The maximum Gasteiger partial charge on any atom is 0.509 e. The Kier molecular flexibility index (Phi) is 26.0. The van der Waals surface area contributed by atoms with Crippen LogP contribution in [0, 0.1) is 11.8 Å². The van der Waals surface area contributed by atoms with Crippen LogP contribution in [0.2, 0.25) is 0 Å². The number of halogens is 1. The van der Waals surface area contributed by atoms with Crippen LogP contribution in [0.15, 0.2) is 0 Å². The third-order valence-corrected chi connectivity index (χ3v) is 3.90. The van der Waals surface area contributed by atoms with Gasteiger partial charge in [-0.05, 0) is 55.4 Å². The fourth-order valence-corrected chi connectivity index (χ4v) is 1.90. The van der Waals surface area contributed by atoms with Crippen LogP contribution in [0.5, 0.6) is 0 Å². The molecule has 0 saturated heterocycles. The van der Waals surface area contributed by atoms with Crippen molar-refractivity contribution in [2.45, 2.75) is 67.6 Å². The Balaban J connectivity index is -0.000000552. The van der Waals surface area contributed by atoms with E-state index in [1.165, 1.54) is 13.8 Å². The summed E-state index contributed by atoms with van der Waals surface area (Å²) in [6.45, 7) is 13.5. The van der Waals surface area contributed by atoms with Crippen LogP contribution in [-0.4, -0.2) is 92.4 Å². The van der Waals surface area contributed by atoms with E-state index >= 15 is 0 Å². The van der Waals surface area contributed by atoms with Crippen molar-refractivity contribution in [2.24, 2.45) is 11.8 Å². The lowest BCUT2D eigenvalue weighted by atomic mass is 10.2. The van der Waals surface area contributed by atoms with Gasteiger partial charge in [0.05, 0.1) is 38.3 Å². The molecule has 0 bridgehead atoms. The summed E-state index contributed by atoms with van der Waals surface area (Å²) in [6, 6.07) is 0. The van der Waals surface area contributed by atoms with Crippen LogP contribution in [0.25, 0.3) is 0 Å². The quantitative estimate of drug-likeness (QED) is 0.188. The topological polar surface area (TPSA) is 187 Å². The van der Waals surface area contributed by atoms with Crippen molar-refractivity contribution in [1.29, 1.82) is 0 Å². The van der Waals surface area contributed by atoms with E-state index in [4.69, 9.17) is 26.2 Å². The molecule has 4 atom stereocenters. The zero-order chi connectivity index (χ0) is 31.0. The molecular formula is C24H41ClO14. The largest absolute Gasteiger partial charge is 0.509 e. The Hall–Kier alpha value is -3.13. The Morgan fingerprint density at radius 2 is 0.949 bits per heavy atom. The molecule has 0 saturated carbocycles. The normalized spacial score (nSPS) is 12.7. The number of esters is 4. The molecule has 0 heterocycles. The number of aliphatic hydroxyl groups excluding tert-OH is 1. The van der Waals surface area contributed by atoms with Gasteiger partial charge in [-0.1, -0.05) is 0 Å². The highest BCUT2D eigenvalue weighted by molar-refractivity contribution is 6.61. The number of hydrogen-bond donors (Lipinski definition) is 1. The first-order chi connectivity index (χ1) is 18.2. The van der Waals surface area contributed by atoms with Gasteiger partial charge in [0, 0.05) is 11.6 Å². The van der Waals surface area contributed by atoms with Crippen LogP contribution in [-0.2, 0) is 52.3 Å². The van der Waals surface area contributed by atoms with E-state index in [9.17, 15) is 28.8 Å². The number of rotatable bonds is 13. The van der Waals surface area contributed by atoms with E-state index in [1.54, 1.807) is 41.5 Å². The molecule has 0 spiro atoms. The predicted octanol–water partition coefficient (Wildman–Crippen LogP) is 2.78. The van der Waals surface area contributed by atoms with Gasteiger partial charge in [-0.15, -0.1) is 0 Å². The maximum atomic E-state index is 11.2. The van der Waals surface area contributed by atoms with Crippen LogP contribution >= 0.6 is 11.6 Å². The summed E-state index contributed by atoms with van der Waals surface area (Å²) in [5.74, 6) is -3.13. The third kappa shape index (κ3) is 24.9. The standard InChI is InChI=1S/C12H20O7.C7H11ClO4.C5H10O3/c1-5-16-10(13)8(3)7-18-12(15)19-9(4)11(14)17-6-2;1-3-11-6(9)5(2)4-12-7(8)10;1-3-8-5(7)4(2)6/h8-9H,5-7H2,1-4H3;5H,3-4H2,1-2H3;4,6H,3H2,1-2H3. The van der Waals surface area contributed by atoms with Crippen LogP contribution < -0.4 is 0 Å². The first-order valence-electron chi connectivity index (χ1n) is 12.2. The van der Waals surface area contributed by atoms with Gasteiger partial charge in [-0.25, -0.2) is 19.2 Å². The molecule has 0 aliphatic carbocycles. The second kappa shape index (κ2) is 25.2. The summed E-state index contributed by atoms with van der Waals surface area (Å²) >= 11 is 4.89. The van der Waals surface area contributed by atoms with E-state index in [0.717, 1.165) is 0 Å². The molecule has 1 N–H and O–H groups in total. The molecule has 228 valence electrons. The molecule has 0 aromatic heterocycles. The van der Waals surface area contributed by atoms with Gasteiger partial charge in [0.15, 0.2) is 6.10 Å². The molecule has 0 aliphatic rings. The van der Waals surface area contributed by atoms with Crippen molar-refractivity contribution in [2.75, 3.05) is 39.6 Å².